The van der Waals surface area contributed by atoms with Gasteiger partial charge in [0.15, 0.2) is 0 Å². The molecule has 94 valence electrons. The number of hydrogen-bond acceptors (Lipinski definition) is 2. The average molecular weight is 298 g/mol. The van der Waals surface area contributed by atoms with E-state index in [1.54, 1.807) is 0 Å². The molecular weight excluding hydrogens is 278 g/mol. The highest BCUT2D eigenvalue weighted by molar-refractivity contribution is 9.10. The molecule has 0 unspecified atom stereocenters. The molecule has 0 saturated heterocycles. The molecule has 2 N–H and O–H groups in total. The van der Waals surface area contributed by atoms with Crippen molar-refractivity contribution in [2.75, 3.05) is 6.61 Å². The molecule has 1 saturated carbocycles. The third kappa shape index (κ3) is 3.30. The highest BCUT2D eigenvalue weighted by atomic mass is 79.9. The summed E-state index contributed by atoms with van der Waals surface area (Å²) in [5.74, 6) is 0.691. The summed E-state index contributed by atoms with van der Waals surface area (Å²) in [5, 5.41) is 12.6. The van der Waals surface area contributed by atoms with Crippen LogP contribution in [0.25, 0.3) is 0 Å². The molecular formula is C14H20BrNO. The van der Waals surface area contributed by atoms with Crippen molar-refractivity contribution in [3.05, 3.63) is 34.3 Å². The second-order valence-electron chi connectivity index (χ2n) is 4.87. The van der Waals surface area contributed by atoms with Crippen LogP contribution >= 0.6 is 15.9 Å². The van der Waals surface area contributed by atoms with Crippen LogP contribution < -0.4 is 5.32 Å². The van der Waals surface area contributed by atoms with Crippen molar-refractivity contribution in [2.45, 2.75) is 44.2 Å². The molecule has 17 heavy (non-hydrogen) atoms. The number of nitrogens with one attached hydrogen (secondary N) is 1. The molecule has 3 heteroatoms. The third-order valence-corrected chi connectivity index (χ3v) is 4.19. The Hall–Kier alpha value is -0.380. The van der Waals surface area contributed by atoms with Crippen LogP contribution in [0.5, 0.6) is 0 Å². The number of halogens is 1. The maximum atomic E-state index is 9.14. The largest absolute Gasteiger partial charge is 0.395 e. The monoisotopic (exact) mass is 297 g/mol. The van der Waals surface area contributed by atoms with Gasteiger partial charge in [-0.2, -0.15) is 0 Å². The molecule has 0 amide bonds. The van der Waals surface area contributed by atoms with E-state index in [1.807, 2.05) is 0 Å². The second kappa shape index (κ2) is 5.98. The summed E-state index contributed by atoms with van der Waals surface area (Å²) in [6.45, 7) is 2.36. The Morgan fingerprint density at radius 2 is 2.00 bits per heavy atom. The van der Waals surface area contributed by atoms with Gasteiger partial charge in [0, 0.05) is 16.6 Å². The fourth-order valence-electron chi connectivity index (χ4n) is 2.39. The summed E-state index contributed by atoms with van der Waals surface area (Å²) in [7, 11) is 0. The van der Waals surface area contributed by atoms with E-state index in [0.717, 1.165) is 10.9 Å². The van der Waals surface area contributed by atoms with E-state index in [2.05, 4.69) is 52.4 Å². The molecule has 1 atom stereocenters. The average Bonchev–Trinajstić information content (AvgIpc) is 2.30. The smallest absolute Gasteiger partial charge is 0.0584 e. The summed E-state index contributed by atoms with van der Waals surface area (Å²) in [4.78, 5) is 0. The molecule has 0 heterocycles. The van der Waals surface area contributed by atoms with E-state index < -0.39 is 0 Å². The molecule has 0 radical (unpaired) electrons. The van der Waals surface area contributed by atoms with Gasteiger partial charge < -0.3 is 10.4 Å². The molecule has 0 aromatic heterocycles. The van der Waals surface area contributed by atoms with E-state index in [0.29, 0.717) is 12.0 Å². The number of rotatable bonds is 5. The van der Waals surface area contributed by atoms with Gasteiger partial charge in [-0.1, -0.05) is 35.0 Å². The first-order chi connectivity index (χ1) is 8.22. The molecule has 1 aliphatic rings. The Bertz CT molecular complexity index is 342. The van der Waals surface area contributed by atoms with Crippen molar-refractivity contribution >= 4 is 15.9 Å². The van der Waals surface area contributed by atoms with Crippen LogP contribution in [0, 0.1) is 0 Å². The highest BCUT2D eigenvalue weighted by Gasteiger charge is 2.30. The van der Waals surface area contributed by atoms with Crippen LogP contribution in [0.15, 0.2) is 28.7 Å². The van der Waals surface area contributed by atoms with Gasteiger partial charge in [0.05, 0.1) is 6.61 Å². The molecule has 0 spiro atoms. The van der Waals surface area contributed by atoms with Crippen LogP contribution in [0.4, 0.5) is 0 Å². The lowest BCUT2D eigenvalue weighted by molar-refractivity contribution is 0.193. The highest BCUT2D eigenvalue weighted by Crippen LogP contribution is 2.37. The van der Waals surface area contributed by atoms with Crippen LogP contribution in [0.3, 0.4) is 0 Å². The molecule has 1 aromatic rings. The van der Waals surface area contributed by atoms with Gasteiger partial charge >= 0.3 is 0 Å². The van der Waals surface area contributed by atoms with E-state index in [-0.39, 0.29) is 12.6 Å². The fraction of sp³-hybridized carbons (Fsp3) is 0.571. The predicted molar refractivity (Wildman–Crippen MR) is 74.2 cm³/mol. The summed E-state index contributed by atoms with van der Waals surface area (Å²) in [6, 6.07) is 9.48. The van der Waals surface area contributed by atoms with E-state index in [4.69, 9.17) is 5.11 Å². The maximum Gasteiger partial charge on any atom is 0.0584 e. The first-order valence-corrected chi connectivity index (χ1v) is 7.14. The van der Waals surface area contributed by atoms with Crippen LogP contribution in [-0.2, 0) is 0 Å². The maximum absolute atomic E-state index is 9.14. The molecule has 0 bridgehead atoms. The number of aliphatic hydroxyl groups excluding tert-OH is 1. The lowest BCUT2D eigenvalue weighted by Gasteiger charge is -2.38. The van der Waals surface area contributed by atoms with E-state index in [1.165, 1.54) is 18.4 Å². The molecule has 2 nitrogen and oxygen atoms in total. The van der Waals surface area contributed by atoms with Crippen molar-refractivity contribution in [1.29, 1.82) is 0 Å². The number of hydrogen-bond donors (Lipinski definition) is 2. The zero-order chi connectivity index (χ0) is 12.3. The van der Waals surface area contributed by atoms with Crippen LogP contribution in [-0.4, -0.2) is 23.8 Å². The van der Waals surface area contributed by atoms with Crippen molar-refractivity contribution in [2.24, 2.45) is 0 Å². The van der Waals surface area contributed by atoms with Crippen molar-refractivity contribution < 1.29 is 5.11 Å². The van der Waals surface area contributed by atoms with Gasteiger partial charge in [-0.15, -0.1) is 0 Å². The minimum atomic E-state index is 0.246. The Morgan fingerprint density at radius 3 is 2.53 bits per heavy atom. The topological polar surface area (TPSA) is 32.3 Å². The molecule has 1 aliphatic carbocycles. The molecule has 1 fully saturated rings. The molecule has 2 rings (SSSR count). The lowest BCUT2D eigenvalue weighted by atomic mass is 9.75. The lowest BCUT2D eigenvalue weighted by Crippen LogP contribution is -2.46. The van der Waals surface area contributed by atoms with E-state index >= 15 is 0 Å². The molecule has 1 aromatic carbocycles. The van der Waals surface area contributed by atoms with Crippen molar-refractivity contribution in [3.63, 3.8) is 0 Å². The Balaban J connectivity index is 1.80. The van der Waals surface area contributed by atoms with Gasteiger partial charge in [0.1, 0.15) is 0 Å². The van der Waals surface area contributed by atoms with E-state index in [9.17, 15) is 0 Å². The minimum Gasteiger partial charge on any atom is -0.395 e. The van der Waals surface area contributed by atoms with Gasteiger partial charge in [-0.25, -0.2) is 0 Å². The summed E-state index contributed by atoms with van der Waals surface area (Å²) < 4.78 is 1.14. The number of benzene rings is 1. The normalized spacial score (nSPS) is 25.4. The summed E-state index contributed by atoms with van der Waals surface area (Å²) >= 11 is 3.46. The van der Waals surface area contributed by atoms with Crippen LogP contribution in [0.2, 0.25) is 0 Å². The number of aliphatic hydroxyl groups is 1. The Kier molecular flexibility index (Phi) is 4.60. The Morgan fingerprint density at radius 1 is 1.35 bits per heavy atom. The van der Waals surface area contributed by atoms with Gasteiger partial charge in [0.25, 0.3) is 0 Å². The van der Waals surface area contributed by atoms with Gasteiger partial charge in [-0.05, 0) is 42.9 Å². The fourth-order valence-corrected chi connectivity index (χ4v) is 2.66. The second-order valence-corrected chi connectivity index (χ2v) is 5.79. The zero-order valence-electron chi connectivity index (χ0n) is 10.2. The SMILES string of the molecule is CC[C@@H](CO)NC1CC(c2ccc(Br)cc2)C1. The quantitative estimate of drug-likeness (QED) is 0.875. The van der Waals surface area contributed by atoms with Crippen molar-refractivity contribution in [3.8, 4) is 0 Å². The molecule has 0 aliphatic heterocycles. The van der Waals surface area contributed by atoms with Crippen LogP contribution in [0.1, 0.15) is 37.7 Å². The predicted octanol–water partition coefficient (Wildman–Crippen LogP) is 3.06. The standard InChI is InChI=1S/C14H20BrNO/c1-2-13(9-17)16-14-7-11(8-14)10-3-5-12(15)6-4-10/h3-6,11,13-14,16-17H,2,7-9H2,1H3/t11?,13-,14?/m0/s1. The first kappa shape index (κ1) is 13.1. The zero-order valence-corrected chi connectivity index (χ0v) is 11.8. The Labute approximate surface area is 112 Å². The third-order valence-electron chi connectivity index (χ3n) is 3.66. The minimum absolute atomic E-state index is 0.246. The summed E-state index contributed by atoms with van der Waals surface area (Å²) in [5.41, 5.74) is 1.43. The summed E-state index contributed by atoms with van der Waals surface area (Å²) in [6.07, 6.45) is 3.38. The van der Waals surface area contributed by atoms with Gasteiger partial charge in [-0.3, -0.25) is 0 Å². The first-order valence-electron chi connectivity index (χ1n) is 6.35. The van der Waals surface area contributed by atoms with Gasteiger partial charge in [0.2, 0.25) is 0 Å². The van der Waals surface area contributed by atoms with Crippen molar-refractivity contribution in [1.82, 2.24) is 5.32 Å².